The largest absolute Gasteiger partial charge is 0.478 e. The maximum Gasteiger partial charge on any atom is 0.335 e. The van der Waals surface area contributed by atoms with Crippen LogP contribution in [0.4, 0.5) is 11.4 Å². The average molecular weight is 251 g/mol. The van der Waals surface area contributed by atoms with E-state index < -0.39 is 5.97 Å². The molecule has 0 saturated carbocycles. The Morgan fingerprint density at radius 3 is 2.67 bits per heavy atom. The highest BCUT2D eigenvalue weighted by molar-refractivity contribution is 5.91. The highest BCUT2D eigenvalue weighted by Gasteiger charge is 2.07. The van der Waals surface area contributed by atoms with E-state index in [1.165, 1.54) is 12.1 Å². The zero-order valence-electron chi connectivity index (χ0n) is 10.2. The van der Waals surface area contributed by atoms with Gasteiger partial charge < -0.3 is 21.5 Å². The fourth-order valence-corrected chi connectivity index (χ4v) is 1.36. The zero-order chi connectivity index (χ0) is 13.5. The molecule has 0 aliphatic heterocycles. The predicted molar refractivity (Wildman–Crippen MR) is 69.6 cm³/mol. The van der Waals surface area contributed by atoms with E-state index in [0.717, 1.165) is 6.42 Å². The molecule has 5 N–H and O–H groups in total. The Morgan fingerprint density at radius 2 is 2.11 bits per heavy atom. The van der Waals surface area contributed by atoms with E-state index in [2.05, 4.69) is 10.6 Å². The number of benzene rings is 1. The van der Waals surface area contributed by atoms with Crippen molar-refractivity contribution in [1.82, 2.24) is 5.32 Å². The third kappa shape index (κ3) is 3.97. The maximum atomic E-state index is 11.4. The van der Waals surface area contributed by atoms with Crippen LogP contribution >= 0.6 is 0 Å². The second-order valence-corrected chi connectivity index (χ2v) is 3.81. The van der Waals surface area contributed by atoms with Gasteiger partial charge in [-0.25, -0.2) is 4.79 Å². The highest BCUT2D eigenvalue weighted by Crippen LogP contribution is 2.19. The molecule has 0 fully saturated rings. The number of amides is 1. The van der Waals surface area contributed by atoms with Crippen molar-refractivity contribution in [3.63, 3.8) is 0 Å². The first-order chi connectivity index (χ1) is 8.54. The first kappa shape index (κ1) is 13.8. The number of carbonyl (C=O) groups excluding carboxylic acids is 1. The summed E-state index contributed by atoms with van der Waals surface area (Å²) in [6.45, 7) is 2.71. The monoisotopic (exact) mass is 251 g/mol. The summed E-state index contributed by atoms with van der Waals surface area (Å²) in [5.41, 5.74) is 6.66. The topological polar surface area (TPSA) is 104 Å². The fourth-order valence-electron chi connectivity index (χ4n) is 1.36. The van der Waals surface area contributed by atoms with Crippen LogP contribution in [-0.4, -0.2) is 30.1 Å². The molecule has 0 radical (unpaired) electrons. The summed E-state index contributed by atoms with van der Waals surface area (Å²) in [7, 11) is 0. The van der Waals surface area contributed by atoms with Crippen LogP contribution in [0, 0.1) is 0 Å². The van der Waals surface area contributed by atoms with Gasteiger partial charge in [-0.1, -0.05) is 6.92 Å². The molecule has 98 valence electrons. The molecule has 0 aliphatic carbocycles. The van der Waals surface area contributed by atoms with Gasteiger partial charge in [-0.15, -0.1) is 0 Å². The second kappa shape index (κ2) is 6.48. The SMILES string of the molecule is CCCNC(=O)CNc1ccc(C(=O)O)cc1N. The minimum atomic E-state index is -1.03. The molecule has 0 spiro atoms. The zero-order valence-corrected chi connectivity index (χ0v) is 10.2. The number of hydrogen-bond acceptors (Lipinski definition) is 4. The molecule has 1 amide bonds. The summed E-state index contributed by atoms with van der Waals surface area (Å²) in [6, 6.07) is 4.34. The van der Waals surface area contributed by atoms with Crippen molar-refractivity contribution in [3.05, 3.63) is 23.8 Å². The highest BCUT2D eigenvalue weighted by atomic mass is 16.4. The third-order valence-corrected chi connectivity index (χ3v) is 2.31. The van der Waals surface area contributed by atoms with Crippen LogP contribution in [0.1, 0.15) is 23.7 Å². The minimum absolute atomic E-state index is 0.108. The molecule has 1 rings (SSSR count). The van der Waals surface area contributed by atoms with Gasteiger partial charge in [0.25, 0.3) is 0 Å². The normalized spacial score (nSPS) is 9.83. The van der Waals surface area contributed by atoms with Crippen LogP contribution in [0.5, 0.6) is 0 Å². The Labute approximate surface area is 105 Å². The molecule has 1 aromatic carbocycles. The quantitative estimate of drug-likeness (QED) is 0.562. The maximum absolute atomic E-state index is 11.4. The molecule has 6 heteroatoms. The van der Waals surface area contributed by atoms with Crippen molar-refractivity contribution in [2.45, 2.75) is 13.3 Å². The lowest BCUT2D eigenvalue weighted by Crippen LogP contribution is -2.30. The van der Waals surface area contributed by atoms with E-state index in [4.69, 9.17) is 10.8 Å². The second-order valence-electron chi connectivity index (χ2n) is 3.81. The Morgan fingerprint density at radius 1 is 1.39 bits per heavy atom. The predicted octanol–water partition coefficient (Wildman–Crippen LogP) is 0.905. The number of carboxylic acid groups (broad SMARTS) is 1. The van der Waals surface area contributed by atoms with E-state index >= 15 is 0 Å². The van der Waals surface area contributed by atoms with Crippen LogP contribution in [0.2, 0.25) is 0 Å². The van der Waals surface area contributed by atoms with Crippen molar-refractivity contribution in [1.29, 1.82) is 0 Å². The van der Waals surface area contributed by atoms with Crippen LogP contribution in [0.15, 0.2) is 18.2 Å². The Hall–Kier alpha value is -2.24. The van der Waals surface area contributed by atoms with Gasteiger partial charge in [0.2, 0.25) is 5.91 Å². The summed E-state index contributed by atoms with van der Waals surface area (Å²) in [4.78, 5) is 22.1. The summed E-state index contributed by atoms with van der Waals surface area (Å²) in [5.74, 6) is -1.16. The number of rotatable bonds is 6. The number of carboxylic acids is 1. The molecule has 6 nitrogen and oxygen atoms in total. The van der Waals surface area contributed by atoms with Gasteiger partial charge in [0.1, 0.15) is 0 Å². The first-order valence-electron chi connectivity index (χ1n) is 5.68. The molecule has 0 bridgehead atoms. The number of hydrogen-bond donors (Lipinski definition) is 4. The molecule has 0 unspecified atom stereocenters. The molecule has 0 heterocycles. The van der Waals surface area contributed by atoms with Gasteiger partial charge in [-0.3, -0.25) is 4.79 Å². The smallest absolute Gasteiger partial charge is 0.335 e. The van der Waals surface area contributed by atoms with E-state index in [1.807, 2.05) is 6.92 Å². The number of aromatic carboxylic acids is 1. The van der Waals surface area contributed by atoms with Gasteiger partial charge in [0.15, 0.2) is 0 Å². The molecule has 0 saturated heterocycles. The lowest BCUT2D eigenvalue weighted by molar-refractivity contribution is -0.119. The van der Waals surface area contributed by atoms with Crippen LogP contribution in [0.3, 0.4) is 0 Å². The van der Waals surface area contributed by atoms with E-state index in [1.54, 1.807) is 6.07 Å². The van der Waals surface area contributed by atoms with Gasteiger partial charge in [0, 0.05) is 6.54 Å². The van der Waals surface area contributed by atoms with Gasteiger partial charge >= 0.3 is 5.97 Å². The average Bonchev–Trinajstić information content (AvgIpc) is 2.34. The molecule has 0 atom stereocenters. The number of anilines is 2. The lowest BCUT2D eigenvalue weighted by atomic mass is 10.2. The van der Waals surface area contributed by atoms with E-state index in [9.17, 15) is 9.59 Å². The van der Waals surface area contributed by atoms with Crippen molar-refractivity contribution in [2.75, 3.05) is 24.1 Å². The Kier molecular flexibility index (Phi) is 4.98. The van der Waals surface area contributed by atoms with Gasteiger partial charge in [-0.2, -0.15) is 0 Å². The molecule has 0 aromatic heterocycles. The van der Waals surface area contributed by atoms with Crippen molar-refractivity contribution in [3.8, 4) is 0 Å². The number of nitrogen functional groups attached to an aromatic ring is 1. The van der Waals surface area contributed by atoms with Crippen LogP contribution in [0.25, 0.3) is 0 Å². The lowest BCUT2D eigenvalue weighted by Gasteiger charge is -2.10. The van der Waals surface area contributed by atoms with Gasteiger partial charge in [0.05, 0.1) is 23.5 Å². The van der Waals surface area contributed by atoms with E-state index in [-0.39, 0.29) is 18.0 Å². The van der Waals surface area contributed by atoms with Gasteiger partial charge in [-0.05, 0) is 24.6 Å². The standard InChI is InChI=1S/C12H17N3O3/c1-2-5-14-11(16)7-15-10-4-3-8(12(17)18)6-9(10)13/h3-4,6,15H,2,5,7,13H2,1H3,(H,14,16)(H,17,18). The first-order valence-corrected chi connectivity index (χ1v) is 5.68. The number of nitrogens with two attached hydrogens (primary N) is 1. The Bertz CT molecular complexity index is 446. The van der Waals surface area contributed by atoms with Crippen LogP contribution in [-0.2, 0) is 4.79 Å². The number of nitrogens with one attached hydrogen (secondary N) is 2. The van der Waals surface area contributed by atoms with Crippen molar-refractivity contribution < 1.29 is 14.7 Å². The molecular weight excluding hydrogens is 234 g/mol. The summed E-state index contributed by atoms with van der Waals surface area (Å²) in [6.07, 6.45) is 0.876. The third-order valence-electron chi connectivity index (χ3n) is 2.31. The molecule has 1 aromatic rings. The van der Waals surface area contributed by atoms with Crippen molar-refractivity contribution in [2.24, 2.45) is 0 Å². The fraction of sp³-hybridized carbons (Fsp3) is 0.333. The van der Waals surface area contributed by atoms with Crippen LogP contribution < -0.4 is 16.4 Å². The van der Waals surface area contributed by atoms with E-state index in [0.29, 0.717) is 17.9 Å². The summed E-state index contributed by atoms with van der Waals surface area (Å²) >= 11 is 0. The number of carbonyl (C=O) groups is 2. The molecule has 18 heavy (non-hydrogen) atoms. The Balaban J connectivity index is 2.58. The molecule has 0 aliphatic rings. The summed E-state index contributed by atoms with van der Waals surface area (Å²) < 4.78 is 0. The summed E-state index contributed by atoms with van der Waals surface area (Å²) in [5, 5.41) is 14.3. The minimum Gasteiger partial charge on any atom is -0.478 e. The van der Waals surface area contributed by atoms with Crippen molar-refractivity contribution >= 4 is 23.3 Å². The molecular formula is C12H17N3O3.